The van der Waals surface area contributed by atoms with Crippen molar-refractivity contribution in [1.29, 1.82) is 0 Å². The van der Waals surface area contributed by atoms with Gasteiger partial charge >= 0.3 is 0 Å². The number of rotatable bonds is 10. The lowest BCUT2D eigenvalue weighted by Gasteiger charge is -2.21. The standard InChI is InChI=1S/C24H25ClN2O2S/c1-17(2)14-22-23(19-8-10-20(25)11-9-19)26-24(30-22)27(13-12-21(29)16-28)15-18-6-4-3-5-7-18/h3-11,16-17H,12-15H2,1-2H3. The van der Waals surface area contributed by atoms with Gasteiger partial charge in [0, 0.05) is 35.0 Å². The van der Waals surface area contributed by atoms with Crippen LogP contribution in [0.5, 0.6) is 0 Å². The zero-order valence-electron chi connectivity index (χ0n) is 17.2. The number of halogens is 1. The van der Waals surface area contributed by atoms with Crippen LogP contribution in [-0.4, -0.2) is 23.6 Å². The molecule has 2 aromatic carbocycles. The molecule has 0 fully saturated rings. The SMILES string of the molecule is CC(C)Cc1sc(N(CCC(=O)C=O)Cc2ccccc2)nc1-c1ccc(Cl)cc1. The van der Waals surface area contributed by atoms with Gasteiger partial charge in [0.25, 0.3) is 0 Å². The minimum atomic E-state index is -0.398. The molecule has 3 rings (SSSR count). The fraction of sp³-hybridized carbons (Fsp3) is 0.292. The molecule has 0 aliphatic heterocycles. The van der Waals surface area contributed by atoms with Gasteiger partial charge in [0.05, 0.1) is 5.69 Å². The Kier molecular flexibility index (Phi) is 7.77. The summed E-state index contributed by atoms with van der Waals surface area (Å²) in [5.41, 5.74) is 3.12. The van der Waals surface area contributed by atoms with E-state index in [9.17, 15) is 9.59 Å². The molecule has 0 saturated carbocycles. The van der Waals surface area contributed by atoms with Gasteiger partial charge in [-0.25, -0.2) is 4.98 Å². The number of carbonyl (C=O) groups excluding carboxylic acids is 2. The molecule has 3 aromatic rings. The van der Waals surface area contributed by atoms with Crippen LogP contribution in [0.25, 0.3) is 11.3 Å². The second-order valence-electron chi connectivity index (χ2n) is 7.61. The summed E-state index contributed by atoms with van der Waals surface area (Å²) in [5, 5.41) is 1.55. The Morgan fingerprint density at radius 2 is 1.83 bits per heavy atom. The molecule has 6 heteroatoms. The number of hydrogen-bond donors (Lipinski definition) is 0. The van der Waals surface area contributed by atoms with Crippen LogP contribution in [0.15, 0.2) is 54.6 Å². The third-order valence-corrected chi connectivity index (χ3v) is 6.03. The Balaban J connectivity index is 1.97. The van der Waals surface area contributed by atoms with E-state index in [4.69, 9.17) is 16.6 Å². The van der Waals surface area contributed by atoms with E-state index in [1.54, 1.807) is 11.3 Å². The fourth-order valence-electron chi connectivity index (χ4n) is 3.17. The number of aromatic nitrogens is 1. The molecule has 1 aromatic heterocycles. The second kappa shape index (κ2) is 10.5. The van der Waals surface area contributed by atoms with E-state index < -0.39 is 5.78 Å². The van der Waals surface area contributed by atoms with E-state index in [1.807, 2.05) is 42.5 Å². The van der Waals surface area contributed by atoms with Crippen molar-refractivity contribution in [2.45, 2.75) is 33.2 Å². The summed E-state index contributed by atoms with van der Waals surface area (Å²) in [6.07, 6.45) is 1.49. The van der Waals surface area contributed by atoms with Crippen molar-refractivity contribution in [1.82, 2.24) is 4.98 Å². The maximum Gasteiger partial charge on any atom is 0.196 e. The first-order valence-electron chi connectivity index (χ1n) is 9.98. The number of thiazole rings is 1. The number of hydrogen-bond acceptors (Lipinski definition) is 5. The van der Waals surface area contributed by atoms with E-state index in [1.165, 1.54) is 4.88 Å². The predicted molar refractivity (Wildman–Crippen MR) is 124 cm³/mol. The van der Waals surface area contributed by atoms with Gasteiger partial charge in [-0.05, 0) is 30.0 Å². The first-order chi connectivity index (χ1) is 14.5. The summed E-state index contributed by atoms with van der Waals surface area (Å²) in [7, 11) is 0. The second-order valence-corrected chi connectivity index (χ2v) is 9.11. The van der Waals surface area contributed by atoms with Crippen molar-refractivity contribution in [2.75, 3.05) is 11.4 Å². The van der Waals surface area contributed by atoms with E-state index in [0.717, 1.165) is 28.4 Å². The Bertz CT molecular complexity index is 984. The molecule has 4 nitrogen and oxygen atoms in total. The van der Waals surface area contributed by atoms with E-state index >= 15 is 0 Å². The van der Waals surface area contributed by atoms with Gasteiger partial charge in [-0.15, -0.1) is 11.3 Å². The highest BCUT2D eigenvalue weighted by atomic mass is 35.5. The van der Waals surface area contributed by atoms with Crippen LogP contribution in [0.2, 0.25) is 5.02 Å². The van der Waals surface area contributed by atoms with Gasteiger partial charge in [0.15, 0.2) is 17.2 Å². The number of Topliss-reactive ketones (excluding diaryl/α,β-unsaturated/α-hetero) is 1. The van der Waals surface area contributed by atoms with Crippen molar-refractivity contribution in [3.05, 3.63) is 70.1 Å². The minimum Gasteiger partial charge on any atom is -0.343 e. The van der Waals surface area contributed by atoms with E-state index in [2.05, 4.69) is 30.9 Å². The van der Waals surface area contributed by atoms with Gasteiger partial charge in [-0.2, -0.15) is 0 Å². The molecule has 0 aliphatic rings. The molecule has 156 valence electrons. The van der Waals surface area contributed by atoms with E-state index in [0.29, 0.717) is 30.3 Å². The van der Waals surface area contributed by atoms with E-state index in [-0.39, 0.29) is 6.42 Å². The normalized spacial score (nSPS) is 10.9. The number of anilines is 1. The molecule has 0 unspecified atom stereocenters. The highest BCUT2D eigenvalue weighted by Crippen LogP contribution is 2.36. The first-order valence-corrected chi connectivity index (χ1v) is 11.2. The monoisotopic (exact) mass is 440 g/mol. The molecule has 0 bridgehead atoms. The first kappa shape index (κ1) is 22.2. The summed E-state index contributed by atoms with van der Waals surface area (Å²) < 4.78 is 0. The summed E-state index contributed by atoms with van der Waals surface area (Å²) in [6.45, 7) is 5.45. The number of carbonyl (C=O) groups is 2. The summed E-state index contributed by atoms with van der Waals surface area (Å²) in [5.74, 6) is 0.0912. The lowest BCUT2D eigenvalue weighted by molar-refractivity contribution is -0.129. The van der Waals surface area contributed by atoms with Crippen molar-refractivity contribution in [3.8, 4) is 11.3 Å². The maximum atomic E-state index is 11.6. The lowest BCUT2D eigenvalue weighted by atomic mass is 10.1. The Morgan fingerprint density at radius 1 is 1.13 bits per heavy atom. The predicted octanol–water partition coefficient (Wildman–Crippen LogP) is 5.83. The average Bonchev–Trinajstić information content (AvgIpc) is 3.15. The minimum absolute atomic E-state index is 0.172. The molecule has 1 heterocycles. The molecule has 0 aliphatic carbocycles. The Hall–Kier alpha value is -2.50. The molecule has 0 radical (unpaired) electrons. The number of aldehydes is 1. The van der Waals surface area contributed by atoms with Gasteiger partial charge in [-0.1, -0.05) is 67.9 Å². The summed E-state index contributed by atoms with van der Waals surface area (Å²) in [4.78, 5) is 30.7. The van der Waals surface area contributed by atoms with Gasteiger partial charge in [-0.3, -0.25) is 9.59 Å². The highest BCUT2D eigenvalue weighted by Gasteiger charge is 2.19. The molecular weight excluding hydrogens is 416 g/mol. The quantitative estimate of drug-likeness (QED) is 0.294. The maximum absolute atomic E-state index is 11.6. The van der Waals surface area contributed by atoms with Crippen molar-refractivity contribution < 1.29 is 9.59 Å². The van der Waals surface area contributed by atoms with Crippen LogP contribution >= 0.6 is 22.9 Å². The highest BCUT2D eigenvalue weighted by molar-refractivity contribution is 7.16. The van der Waals surface area contributed by atoms with Crippen molar-refractivity contribution >= 4 is 40.1 Å². The van der Waals surface area contributed by atoms with Crippen LogP contribution in [0.4, 0.5) is 5.13 Å². The molecule has 0 amide bonds. The number of nitrogens with zero attached hydrogens (tertiary/aromatic N) is 2. The zero-order chi connectivity index (χ0) is 21.5. The molecule has 0 saturated heterocycles. The molecule has 0 atom stereocenters. The van der Waals surface area contributed by atoms with Crippen LogP contribution in [0.3, 0.4) is 0 Å². The number of ketones is 1. The fourth-order valence-corrected chi connectivity index (χ4v) is 4.61. The topological polar surface area (TPSA) is 50.3 Å². The smallest absolute Gasteiger partial charge is 0.196 e. The molecule has 0 spiro atoms. The average molecular weight is 441 g/mol. The number of benzene rings is 2. The summed E-state index contributed by atoms with van der Waals surface area (Å²) in [6, 6.07) is 17.8. The lowest BCUT2D eigenvalue weighted by Crippen LogP contribution is -2.25. The largest absolute Gasteiger partial charge is 0.343 e. The molecule has 0 N–H and O–H groups in total. The van der Waals surface area contributed by atoms with Crippen LogP contribution in [0.1, 0.15) is 30.7 Å². The van der Waals surface area contributed by atoms with Crippen LogP contribution in [0, 0.1) is 5.92 Å². The van der Waals surface area contributed by atoms with Crippen molar-refractivity contribution in [3.63, 3.8) is 0 Å². The molecule has 30 heavy (non-hydrogen) atoms. The third kappa shape index (κ3) is 6.00. The van der Waals surface area contributed by atoms with Gasteiger partial charge < -0.3 is 4.90 Å². The van der Waals surface area contributed by atoms with Crippen LogP contribution < -0.4 is 4.90 Å². The Labute approximate surface area is 186 Å². The Morgan fingerprint density at radius 3 is 2.47 bits per heavy atom. The third-order valence-electron chi connectivity index (χ3n) is 4.64. The van der Waals surface area contributed by atoms with Crippen LogP contribution in [-0.2, 0) is 22.6 Å². The molecular formula is C24H25ClN2O2S. The zero-order valence-corrected chi connectivity index (χ0v) is 18.7. The van der Waals surface area contributed by atoms with Gasteiger partial charge in [0.2, 0.25) is 0 Å². The van der Waals surface area contributed by atoms with Gasteiger partial charge in [0.1, 0.15) is 0 Å². The summed E-state index contributed by atoms with van der Waals surface area (Å²) >= 11 is 7.72. The van der Waals surface area contributed by atoms with Crippen molar-refractivity contribution in [2.24, 2.45) is 5.92 Å².